The van der Waals surface area contributed by atoms with Gasteiger partial charge in [-0.3, -0.25) is 9.63 Å². The summed E-state index contributed by atoms with van der Waals surface area (Å²) in [6.07, 6.45) is 0. The number of rotatable bonds is 4. The minimum Gasteiger partial charge on any atom is -0.270 e. The largest absolute Gasteiger partial charge is 0.270 e. The van der Waals surface area contributed by atoms with E-state index in [0.717, 1.165) is 11.3 Å². The highest BCUT2D eigenvalue weighted by Gasteiger charge is 2.45. The highest BCUT2D eigenvalue weighted by molar-refractivity contribution is 8.16. The molecule has 0 saturated carbocycles. The Bertz CT molecular complexity index is 714. The summed E-state index contributed by atoms with van der Waals surface area (Å²) in [5.74, 6) is -0.0897. The van der Waals surface area contributed by atoms with Gasteiger partial charge in [0.2, 0.25) is 0 Å². The number of thioether (sulfide) groups is 1. The molecule has 1 amide bonds. The van der Waals surface area contributed by atoms with E-state index in [-0.39, 0.29) is 5.91 Å². The average Bonchev–Trinajstić information content (AvgIpc) is 2.77. The molecule has 23 heavy (non-hydrogen) atoms. The van der Waals surface area contributed by atoms with Crippen molar-refractivity contribution in [3.63, 3.8) is 0 Å². The van der Waals surface area contributed by atoms with Crippen LogP contribution in [0, 0.1) is 0 Å². The molecule has 0 unspecified atom stereocenters. The van der Waals surface area contributed by atoms with Crippen LogP contribution >= 0.6 is 11.8 Å². The van der Waals surface area contributed by atoms with Crippen LogP contribution < -0.4 is 0 Å². The van der Waals surface area contributed by atoms with E-state index < -0.39 is 4.75 Å². The third-order valence-electron chi connectivity index (χ3n) is 3.40. The number of aliphatic imine (C=N–C) groups is 1. The first-order valence-electron chi connectivity index (χ1n) is 7.40. The maximum atomic E-state index is 12.5. The first-order valence-corrected chi connectivity index (χ1v) is 8.22. The van der Waals surface area contributed by atoms with Crippen molar-refractivity contribution in [1.82, 2.24) is 5.06 Å². The molecule has 0 N–H and O–H groups in total. The fourth-order valence-corrected chi connectivity index (χ4v) is 3.15. The van der Waals surface area contributed by atoms with Gasteiger partial charge < -0.3 is 0 Å². The molecule has 5 heteroatoms. The second-order valence-electron chi connectivity index (χ2n) is 5.70. The number of hydroxylamine groups is 2. The van der Waals surface area contributed by atoms with Crippen molar-refractivity contribution in [2.45, 2.75) is 25.2 Å². The van der Waals surface area contributed by atoms with Gasteiger partial charge in [-0.15, -0.1) is 0 Å². The van der Waals surface area contributed by atoms with Gasteiger partial charge in [0.25, 0.3) is 5.91 Å². The predicted molar refractivity (Wildman–Crippen MR) is 93.3 cm³/mol. The quantitative estimate of drug-likeness (QED) is 0.847. The lowest BCUT2D eigenvalue weighted by Crippen LogP contribution is -2.35. The summed E-state index contributed by atoms with van der Waals surface area (Å²) in [6.45, 7) is 4.09. The van der Waals surface area contributed by atoms with Crippen molar-refractivity contribution in [3.8, 4) is 0 Å². The Morgan fingerprint density at radius 3 is 2.30 bits per heavy atom. The van der Waals surface area contributed by atoms with Gasteiger partial charge in [-0.1, -0.05) is 60.3 Å². The summed E-state index contributed by atoms with van der Waals surface area (Å²) in [6, 6.07) is 19.3. The molecule has 118 valence electrons. The molecular weight excluding hydrogens is 308 g/mol. The number of carbonyl (C=O) groups is 1. The van der Waals surface area contributed by atoms with Crippen LogP contribution in [0.2, 0.25) is 0 Å². The predicted octanol–water partition coefficient (Wildman–Crippen LogP) is 4.16. The van der Waals surface area contributed by atoms with Crippen molar-refractivity contribution in [2.24, 2.45) is 4.99 Å². The lowest BCUT2D eigenvalue weighted by atomic mass is 10.2. The number of para-hydroxylation sites is 1. The molecule has 0 bridgehead atoms. The molecule has 0 spiro atoms. The highest BCUT2D eigenvalue weighted by Crippen LogP contribution is 2.38. The lowest BCUT2D eigenvalue weighted by molar-refractivity contribution is -0.166. The van der Waals surface area contributed by atoms with Crippen LogP contribution in [0.5, 0.6) is 0 Å². The molecule has 1 saturated heterocycles. The number of hydrogen-bond donors (Lipinski definition) is 0. The van der Waals surface area contributed by atoms with Crippen molar-refractivity contribution in [1.29, 1.82) is 0 Å². The maximum absolute atomic E-state index is 12.5. The van der Waals surface area contributed by atoms with Crippen molar-refractivity contribution >= 4 is 28.5 Å². The molecule has 4 nitrogen and oxygen atoms in total. The third-order valence-corrected chi connectivity index (χ3v) is 4.53. The van der Waals surface area contributed by atoms with Gasteiger partial charge in [0.1, 0.15) is 6.61 Å². The van der Waals surface area contributed by atoms with E-state index in [2.05, 4.69) is 4.99 Å². The zero-order chi connectivity index (χ0) is 16.3. The maximum Gasteiger partial charge on any atom is 0.268 e. The Labute approximate surface area is 140 Å². The Hall–Kier alpha value is -2.11. The summed E-state index contributed by atoms with van der Waals surface area (Å²) in [4.78, 5) is 22.9. The molecule has 0 aliphatic carbocycles. The van der Waals surface area contributed by atoms with E-state index in [1.165, 1.54) is 16.8 Å². The van der Waals surface area contributed by atoms with Crippen LogP contribution in [0.3, 0.4) is 0 Å². The van der Waals surface area contributed by atoms with E-state index in [1.807, 2.05) is 74.5 Å². The fraction of sp³-hybridized carbons (Fsp3) is 0.222. The van der Waals surface area contributed by atoms with Crippen molar-refractivity contribution in [3.05, 3.63) is 66.2 Å². The van der Waals surface area contributed by atoms with E-state index in [4.69, 9.17) is 4.84 Å². The fourth-order valence-electron chi connectivity index (χ4n) is 2.15. The van der Waals surface area contributed by atoms with Gasteiger partial charge in [-0.25, -0.2) is 4.99 Å². The molecule has 1 aliphatic rings. The Morgan fingerprint density at radius 2 is 1.65 bits per heavy atom. The van der Waals surface area contributed by atoms with Gasteiger partial charge in [-0.2, -0.15) is 5.06 Å². The SMILES string of the molecule is CC1(C)SC(=Nc2ccccc2)N(OCc2ccccc2)C1=O. The molecule has 2 aromatic rings. The molecule has 0 atom stereocenters. The molecule has 1 fully saturated rings. The van der Waals surface area contributed by atoms with E-state index in [9.17, 15) is 4.79 Å². The number of benzene rings is 2. The van der Waals surface area contributed by atoms with Crippen LogP contribution in [0.25, 0.3) is 0 Å². The molecular formula is C18H18N2O2S. The highest BCUT2D eigenvalue weighted by atomic mass is 32.2. The second-order valence-corrected chi connectivity index (χ2v) is 7.29. The number of hydrogen-bond acceptors (Lipinski definition) is 4. The van der Waals surface area contributed by atoms with Gasteiger partial charge in [0.15, 0.2) is 5.17 Å². The molecule has 0 aromatic heterocycles. The second kappa shape index (κ2) is 6.56. The molecule has 2 aromatic carbocycles. The van der Waals surface area contributed by atoms with Gasteiger partial charge in [0, 0.05) is 0 Å². The van der Waals surface area contributed by atoms with Gasteiger partial charge in [-0.05, 0) is 31.5 Å². The number of amidine groups is 1. The van der Waals surface area contributed by atoms with E-state index in [1.54, 1.807) is 0 Å². The van der Waals surface area contributed by atoms with Crippen LogP contribution in [0.15, 0.2) is 65.7 Å². The van der Waals surface area contributed by atoms with Crippen LogP contribution in [0.4, 0.5) is 5.69 Å². The average molecular weight is 326 g/mol. The smallest absolute Gasteiger partial charge is 0.268 e. The van der Waals surface area contributed by atoms with Crippen LogP contribution in [-0.2, 0) is 16.2 Å². The van der Waals surface area contributed by atoms with E-state index in [0.29, 0.717) is 11.8 Å². The molecule has 1 heterocycles. The summed E-state index contributed by atoms with van der Waals surface area (Å²) in [7, 11) is 0. The normalized spacial score (nSPS) is 18.6. The zero-order valence-electron chi connectivity index (χ0n) is 13.1. The third kappa shape index (κ3) is 3.63. The summed E-state index contributed by atoms with van der Waals surface area (Å²) in [5, 5.41) is 1.90. The van der Waals surface area contributed by atoms with Crippen LogP contribution in [-0.4, -0.2) is 20.9 Å². The topological polar surface area (TPSA) is 41.9 Å². The first-order chi connectivity index (χ1) is 11.1. The summed E-state index contributed by atoms with van der Waals surface area (Å²) >= 11 is 1.42. The number of amides is 1. The zero-order valence-corrected chi connectivity index (χ0v) is 13.9. The summed E-state index contributed by atoms with van der Waals surface area (Å²) in [5.41, 5.74) is 1.81. The molecule has 0 radical (unpaired) electrons. The lowest BCUT2D eigenvalue weighted by Gasteiger charge is -2.17. The Morgan fingerprint density at radius 1 is 1.04 bits per heavy atom. The monoisotopic (exact) mass is 326 g/mol. The standard InChI is InChI=1S/C18H18N2O2S/c1-18(2)16(21)20(22-13-14-9-5-3-6-10-14)17(23-18)19-15-11-7-4-8-12-15/h3-12H,13H2,1-2H3. The number of carbonyl (C=O) groups excluding carboxylic acids is 1. The van der Waals surface area contributed by atoms with E-state index >= 15 is 0 Å². The van der Waals surface area contributed by atoms with Crippen molar-refractivity contribution in [2.75, 3.05) is 0 Å². The number of nitrogens with zero attached hydrogens (tertiary/aromatic N) is 2. The van der Waals surface area contributed by atoms with Crippen LogP contribution in [0.1, 0.15) is 19.4 Å². The summed E-state index contributed by atoms with van der Waals surface area (Å²) < 4.78 is -0.579. The van der Waals surface area contributed by atoms with Gasteiger partial charge in [0.05, 0.1) is 10.4 Å². The Kier molecular flexibility index (Phi) is 4.50. The first kappa shape index (κ1) is 15.8. The van der Waals surface area contributed by atoms with Crippen molar-refractivity contribution < 1.29 is 9.63 Å². The molecule has 3 rings (SSSR count). The molecule has 1 aliphatic heterocycles. The Balaban J connectivity index is 1.82. The minimum atomic E-state index is -0.579. The van der Waals surface area contributed by atoms with Gasteiger partial charge >= 0.3 is 0 Å². The minimum absolute atomic E-state index is 0.0897.